The van der Waals surface area contributed by atoms with Crippen molar-refractivity contribution in [1.29, 1.82) is 0 Å². The highest BCUT2D eigenvalue weighted by Gasteiger charge is 2.08. The van der Waals surface area contributed by atoms with Gasteiger partial charge in [0.2, 0.25) is 0 Å². The summed E-state index contributed by atoms with van der Waals surface area (Å²) >= 11 is 3.42. The third-order valence-electron chi connectivity index (χ3n) is 3.52. The summed E-state index contributed by atoms with van der Waals surface area (Å²) in [7, 11) is 0. The van der Waals surface area contributed by atoms with Crippen molar-refractivity contribution in [2.75, 3.05) is 5.32 Å². The highest BCUT2D eigenvalue weighted by atomic mass is 79.9. The molecule has 4 nitrogen and oxygen atoms in total. The van der Waals surface area contributed by atoms with Gasteiger partial charge in [0.15, 0.2) is 0 Å². The summed E-state index contributed by atoms with van der Waals surface area (Å²) in [5.41, 5.74) is 4.42. The van der Waals surface area contributed by atoms with E-state index in [2.05, 4.69) is 37.8 Å². The predicted molar refractivity (Wildman–Crippen MR) is 111 cm³/mol. The molecule has 2 aromatic carbocycles. The first-order chi connectivity index (χ1) is 12.0. The number of allylic oxidation sites excluding steroid dienone is 1. The number of aromatic hydroxyl groups is 1. The largest absolute Gasteiger partial charge is 0.507 e. The van der Waals surface area contributed by atoms with E-state index in [9.17, 15) is 5.11 Å². The molecule has 0 heterocycles. The Balaban J connectivity index is 2.43. The number of nitrogens with one attached hydrogen (secondary N) is 1. The molecule has 0 unspecified atom stereocenters. The van der Waals surface area contributed by atoms with Crippen LogP contribution in [0.4, 0.5) is 5.69 Å². The first-order valence-electron chi connectivity index (χ1n) is 7.71. The summed E-state index contributed by atoms with van der Waals surface area (Å²) in [6, 6.07) is 11.3. The van der Waals surface area contributed by atoms with E-state index in [1.165, 1.54) is 6.34 Å². The highest BCUT2D eigenvalue weighted by molar-refractivity contribution is 9.10. The van der Waals surface area contributed by atoms with Gasteiger partial charge >= 0.3 is 0 Å². The van der Waals surface area contributed by atoms with E-state index in [4.69, 9.17) is 0 Å². The minimum atomic E-state index is 0.141. The van der Waals surface area contributed by atoms with Gasteiger partial charge in [-0.05, 0) is 43.2 Å². The van der Waals surface area contributed by atoms with Crippen LogP contribution in [0.1, 0.15) is 16.7 Å². The maximum absolute atomic E-state index is 10.2. The second-order valence-electron chi connectivity index (χ2n) is 5.38. The van der Waals surface area contributed by atoms with Crippen molar-refractivity contribution in [3.63, 3.8) is 0 Å². The van der Waals surface area contributed by atoms with Crippen LogP contribution in [0.3, 0.4) is 0 Å². The van der Waals surface area contributed by atoms with E-state index in [0.717, 1.165) is 21.3 Å². The molecular weight excluding hydrogens is 378 g/mol. The molecular formula is C20H20BrN3O. The molecule has 0 aromatic heterocycles. The van der Waals surface area contributed by atoms with E-state index in [1.54, 1.807) is 30.6 Å². The van der Waals surface area contributed by atoms with Crippen LogP contribution < -0.4 is 5.32 Å². The highest BCUT2D eigenvalue weighted by Crippen LogP contribution is 2.30. The van der Waals surface area contributed by atoms with Crippen molar-refractivity contribution in [2.45, 2.75) is 13.8 Å². The molecule has 0 amide bonds. The normalized spacial score (nSPS) is 12.0. The van der Waals surface area contributed by atoms with Gasteiger partial charge in [0.25, 0.3) is 0 Å². The number of hydrogen-bond donors (Lipinski definition) is 2. The molecule has 128 valence electrons. The second kappa shape index (κ2) is 8.99. The van der Waals surface area contributed by atoms with Gasteiger partial charge in [-0.25, -0.2) is 9.98 Å². The molecule has 0 saturated heterocycles. The fraction of sp³-hybridized carbons (Fsp3) is 0.100. The third-order valence-corrected chi connectivity index (χ3v) is 4.02. The van der Waals surface area contributed by atoms with E-state index in [0.29, 0.717) is 11.3 Å². The van der Waals surface area contributed by atoms with Crippen LogP contribution in [-0.4, -0.2) is 17.7 Å². The molecule has 25 heavy (non-hydrogen) atoms. The van der Waals surface area contributed by atoms with E-state index >= 15 is 0 Å². The monoisotopic (exact) mass is 397 g/mol. The van der Waals surface area contributed by atoms with Crippen LogP contribution in [0.15, 0.2) is 69.7 Å². The average Bonchev–Trinajstić information content (AvgIpc) is 2.58. The van der Waals surface area contributed by atoms with Crippen molar-refractivity contribution in [3.05, 3.63) is 76.4 Å². The van der Waals surface area contributed by atoms with Crippen LogP contribution in [0.25, 0.3) is 5.70 Å². The fourth-order valence-corrected chi connectivity index (χ4v) is 2.64. The summed E-state index contributed by atoms with van der Waals surface area (Å²) in [6.45, 7) is 7.65. The van der Waals surface area contributed by atoms with Crippen molar-refractivity contribution in [3.8, 4) is 5.75 Å². The minimum absolute atomic E-state index is 0.141. The van der Waals surface area contributed by atoms with Gasteiger partial charge in [0.05, 0.1) is 5.70 Å². The number of rotatable bonds is 6. The summed E-state index contributed by atoms with van der Waals surface area (Å²) < 4.78 is 0.850. The molecule has 0 fully saturated rings. The number of phenols is 1. The lowest BCUT2D eigenvalue weighted by Gasteiger charge is -2.11. The van der Waals surface area contributed by atoms with Crippen molar-refractivity contribution in [2.24, 2.45) is 9.98 Å². The van der Waals surface area contributed by atoms with E-state index in [1.807, 2.05) is 38.1 Å². The molecule has 0 atom stereocenters. The lowest BCUT2D eigenvalue weighted by Crippen LogP contribution is -1.96. The number of para-hydroxylation sites is 1. The Bertz CT molecular complexity index is 834. The number of halogens is 1. The van der Waals surface area contributed by atoms with Crippen LogP contribution in [0.2, 0.25) is 0 Å². The standard InChI is InChI=1S/C20H20BrN3O/c1-4-10-22-13-24-18(17-11-16(21)8-9-19(17)25)12-23-20-14(2)6-5-7-15(20)3/h4-13,23,25H,1H2,2-3H3/b18-12+,22-10?,24-13?. The molecule has 0 aliphatic rings. The molecule has 0 radical (unpaired) electrons. The first kappa shape index (κ1) is 18.7. The summed E-state index contributed by atoms with van der Waals surface area (Å²) in [5, 5.41) is 13.5. The third kappa shape index (κ3) is 5.16. The summed E-state index contributed by atoms with van der Waals surface area (Å²) in [6.07, 6.45) is 6.29. The summed E-state index contributed by atoms with van der Waals surface area (Å²) in [5.74, 6) is 0.141. The maximum Gasteiger partial charge on any atom is 0.125 e. The Kier molecular flexibility index (Phi) is 6.71. The average molecular weight is 398 g/mol. The Morgan fingerprint density at radius 1 is 1.20 bits per heavy atom. The van der Waals surface area contributed by atoms with Crippen LogP contribution in [0, 0.1) is 13.8 Å². The first-order valence-corrected chi connectivity index (χ1v) is 8.50. The number of benzene rings is 2. The molecule has 5 heteroatoms. The molecule has 2 rings (SSSR count). The van der Waals surface area contributed by atoms with Crippen LogP contribution in [0.5, 0.6) is 5.75 Å². The molecule has 0 aliphatic heterocycles. The number of anilines is 1. The van der Waals surface area contributed by atoms with Gasteiger partial charge in [-0.2, -0.15) is 0 Å². The number of aliphatic imine (C=N–C) groups is 2. The van der Waals surface area contributed by atoms with Gasteiger partial charge in [-0.3, -0.25) is 0 Å². The van der Waals surface area contributed by atoms with Crippen molar-refractivity contribution in [1.82, 2.24) is 0 Å². The number of nitrogens with zero attached hydrogens (tertiary/aromatic N) is 2. The fourth-order valence-electron chi connectivity index (χ4n) is 2.28. The van der Waals surface area contributed by atoms with Gasteiger partial charge in [0.1, 0.15) is 12.1 Å². The van der Waals surface area contributed by atoms with Crippen molar-refractivity contribution >= 4 is 39.9 Å². The van der Waals surface area contributed by atoms with E-state index < -0.39 is 0 Å². The molecule has 2 N–H and O–H groups in total. The number of aryl methyl sites for hydroxylation is 2. The topological polar surface area (TPSA) is 57.0 Å². The second-order valence-corrected chi connectivity index (χ2v) is 6.30. The lowest BCUT2D eigenvalue weighted by molar-refractivity contribution is 0.473. The van der Waals surface area contributed by atoms with Crippen LogP contribution in [-0.2, 0) is 0 Å². The Morgan fingerprint density at radius 3 is 2.60 bits per heavy atom. The zero-order valence-corrected chi connectivity index (χ0v) is 15.8. The Morgan fingerprint density at radius 2 is 1.92 bits per heavy atom. The van der Waals surface area contributed by atoms with E-state index in [-0.39, 0.29) is 5.75 Å². The molecule has 0 aliphatic carbocycles. The van der Waals surface area contributed by atoms with Crippen LogP contribution >= 0.6 is 15.9 Å². The lowest BCUT2D eigenvalue weighted by atomic mass is 10.1. The zero-order chi connectivity index (χ0) is 18.2. The molecule has 2 aromatic rings. The van der Waals surface area contributed by atoms with Gasteiger partial charge in [-0.1, -0.05) is 46.8 Å². The molecule has 0 spiro atoms. The van der Waals surface area contributed by atoms with Crippen molar-refractivity contribution < 1.29 is 5.11 Å². The van der Waals surface area contributed by atoms with Gasteiger partial charge in [0, 0.05) is 28.1 Å². The number of phenolic OH excluding ortho intramolecular Hbond substituents is 1. The van der Waals surface area contributed by atoms with Gasteiger partial charge < -0.3 is 10.4 Å². The SMILES string of the molecule is C=CC=NC=N/C(=C/Nc1c(C)cccc1C)c1cc(Br)ccc1O. The minimum Gasteiger partial charge on any atom is -0.507 e. The smallest absolute Gasteiger partial charge is 0.125 e. The maximum atomic E-state index is 10.2. The van der Waals surface area contributed by atoms with Gasteiger partial charge in [-0.15, -0.1) is 0 Å². The predicted octanol–water partition coefficient (Wildman–Crippen LogP) is 5.47. The molecule has 0 saturated carbocycles. The Hall–Kier alpha value is -2.66. The quantitative estimate of drug-likeness (QED) is 0.501. The summed E-state index contributed by atoms with van der Waals surface area (Å²) in [4.78, 5) is 8.36. The molecule has 0 bridgehead atoms. The Labute approximate surface area is 156 Å². The number of hydrogen-bond acceptors (Lipinski definition) is 3. The zero-order valence-electron chi connectivity index (χ0n) is 14.2.